The third-order valence-corrected chi connectivity index (χ3v) is 5.51. The maximum atomic E-state index is 11.3. The van der Waals surface area contributed by atoms with Gasteiger partial charge in [0.05, 0.1) is 6.61 Å². The van der Waals surface area contributed by atoms with Crippen LogP contribution in [-0.2, 0) is 43.9 Å². The zero-order chi connectivity index (χ0) is 24.6. The molecule has 188 valence electrons. The van der Waals surface area contributed by atoms with Gasteiger partial charge < -0.3 is 44.8 Å². The lowest BCUT2D eigenvalue weighted by atomic mass is 9.96. The van der Waals surface area contributed by atoms with Gasteiger partial charge in [0.2, 0.25) is 0 Å². The van der Waals surface area contributed by atoms with E-state index in [4.69, 9.17) is 28.4 Å². The third-order valence-electron chi connectivity index (χ3n) is 4.47. The van der Waals surface area contributed by atoms with Crippen LogP contribution in [-0.4, -0.2) is 131 Å². The van der Waals surface area contributed by atoms with Crippen molar-refractivity contribution in [3.63, 3.8) is 0 Å². The van der Waals surface area contributed by atoms with E-state index in [1.165, 1.54) is 4.72 Å². The Bertz CT molecular complexity index is 878. The maximum Gasteiger partial charge on any atom is 0.397 e. The van der Waals surface area contributed by atoms with Crippen molar-refractivity contribution in [1.29, 1.82) is 0 Å². The molecular formula is C12H21NO17S2. The Labute approximate surface area is 179 Å². The Balaban J connectivity index is 2.38. The van der Waals surface area contributed by atoms with Gasteiger partial charge in [-0.15, -0.1) is 0 Å². The Kier molecular flexibility index (Phi) is 8.50. The van der Waals surface area contributed by atoms with Crippen LogP contribution in [0.4, 0.5) is 0 Å². The molecule has 0 aliphatic carbocycles. The molecule has 2 saturated heterocycles. The summed E-state index contributed by atoms with van der Waals surface area (Å²) in [6.07, 6.45) is -19.4. The molecule has 10 atom stereocenters. The molecule has 9 N–H and O–H groups in total. The van der Waals surface area contributed by atoms with Crippen LogP contribution in [0.5, 0.6) is 0 Å². The van der Waals surface area contributed by atoms with E-state index in [2.05, 4.69) is 4.18 Å². The number of carboxylic acids is 1. The van der Waals surface area contributed by atoms with Crippen molar-refractivity contribution in [3.05, 3.63) is 0 Å². The number of nitrogens with one attached hydrogen (secondary N) is 1. The van der Waals surface area contributed by atoms with Gasteiger partial charge in [0.25, 0.3) is 0 Å². The molecule has 0 bridgehead atoms. The lowest BCUT2D eigenvalue weighted by Crippen LogP contribution is -2.67. The molecule has 0 aromatic rings. The van der Waals surface area contributed by atoms with Gasteiger partial charge in [-0.2, -0.15) is 21.6 Å². The summed E-state index contributed by atoms with van der Waals surface area (Å²) in [5, 5.41) is 58.7. The second-order valence-electron chi connectivity index (χ2n) is 6.69. The van der Waals surface area contributed by atoms with Gasteiger partial charge in [-0.1, -0.05) is 0 Å². The largest absolute Gasteiger partial charge is 0.479 e. The van der Waals surface area contributed by atoms with E-state index in [0.29, 0.717) is 0 Å². The van der Waals surface area contributed by atoms with Crippen LogP contribution in [0.1, 0.15) is 0 Å². The summed E-state index contributed by atoms with van der Waals surface area (Å²) in [6, 6.07) is -2.02. The lowest BCUT2D eigenvalue weighted by molar-refractivity contribution is -0.336. The maximum absolute atomic E-state index is 11.3. The highest BCUT2D eigenvalue weighted by Gasteiger charge is 2.54. The van der Waals surface area contributed by atoms with Gasteiger partial charge in [0.1, 0.15) is 36.6 Å². The standard InChI is InChI=1S/C12H21NO17S2/c14-1-2-7(4(15)3(11(20)27-2)13-31(21,22)23)28-12-9(30-32(24,25)26)6(17)5(16)8(29-12)10(18)19/h2-9,11-17,20H,1H2,(H,18,19)(H,21,22,23)(H,24,25,26)/t2-,3-,4-,5+,6+,7-,8-,9-,11+,12-/m1/s1. The first kappa shape index (κ1) is 27.1. The minimum Gasteiger partial charge on any atom is -0.479 e. The zero-order valence-corrected chi connectivity index (χ0v) is 17.2. The molecule has 0 aromatic heterocycles. The van der Waals surface area contributed by atoms with E-state index in [9.17, 15) is 47.2 Å². The SMILES string of the molecule is O=C(O)[C@@H]1O[C@@H](O[C@H]2[C@H](O)[C@@H](NS(=O)(=O)O)[C@@H](O)O[C@@H]2CO)[C@H](OS(=O)(=O)O)[C@@H](O)[C@@H]1O. The summed E-state index contributed by atoms with van der Waals surface area (Å²) in [5.41, 5.74) is 0. The monoisotopic (exact) mass is 515 g/mol. The highest BCUT2D eigenvalue weighted by molar-refractivity contribution is 7.83. The van der Waals surface area contributed by atoms with E-state index < -0.39 is 94.6 Å². The van der Waals surface area contributed by atoms with E-state index in [1.807, 2.05) is 0 Å². The number of aliphatic hydroxyl groups is 5. The zero-order valence-electron chi connectivity index (χ0n) is 15.5. The number of hydrogen-bond donors (Lipinski definition) is 9. The minimum atomic E-state index is -5.35. The van der Waals surface area contributed by atoms with Crippen LogP contribution in [0.3, 0.4) is 0 Å². The average Bonchev–Trinajstić information content (AvgIpc) is 2.64. The fourth-order valence-electron chi connectivity index (χ4n) is 3.10. The van der Waals surface area contributed by atoms with Crippen molar-refractivity contribution in [2.75, 3.05) is 6.61 Å². The molecule has 2 fully saturated rings. The molecule has 20 heteroatoms. The molecular weight excluding hydrogens is 494 g/mol. The van der Waals surface area contributed by atoms with Crippen molar-refractivity contribution in [3.8, 4) is 0 Å². The Hall–Kier alpha value is -1.11. The van der Waals surface area contributed by atoms with Crippen LogP contribution < -0.4 is 4.72 Å². The van der Waals surface area contributed by atoms with E-state index in [-0.39, 0.29) is 0 Å². The molecule has 32 heavy (non-hydrogen) atoms. The number of hydrogen-bond acceptors (Lipinski definition) is 14. The molecule has 2 aliphatic heterocycles. The minimum absolute atomic E-state index is 1.01. The first-order chi connectivity index (χ1) is 14.6. The van der Waals surface area contributed by atoms with Crippen molar-refractivity contribution in [2.24, 2.45) is 0 Å². The first-order valence-electron chi connectivity index (χ1n) is 8.48. The van der Waals surface area contributed by atoms with Crippen molar-refractivity contribution < 1.29 is 79.8 Å². The average molecular weight is 515 g/mol. The van der Waals surface area contributed by atoms with E-state index in [1.54, 1.807) is 0 Å². The van der Waals surface area contributed by atoms with E-state index >= 15 is 0 Å². The Morgan fingerprint density at radius 3 is 2.00 bits per heavy atom. The first-order valence-corrected chi connectivity index (χ1v) is 11.3. The van der Waals surface area contributed by atoms with Gasteiger partial charge in [0, 0.05) is 0 Å². The number of carbonyl (C=O) groups is 1. The number of rotatable bonds is 8. The number of ether oxygens (including phenoxy) is 3. The molecule has 0 spiro atoms. The molecule has 2 heterocycles. The van der Waals surface area contributed by atoms with Gasteiger partial charge in [-0.25, -0.2) is 8.98 Å². The summed E-state index contributed by atoms with van der Waals surface area (Å²) in [5.74, 6) is -1.85. The summed E-state index contributed by atoms with van der Waals surface area (Å²) in [6.45, 7) is -1.01. The summed E-state index contributed by atoms with van der Waals surface area (Å²) < 4.78 is 82.6. The predicted molar refractivity (Wildman–Crippen MR) is 92.0 cm³/mol. The number of aliphatic carboxylic acids is 1. The fourth-order valence-corrected chi connectivity index (χ4v) is 4.18. The van der Waals surface area contributed by atoms with Crippen LogP contribution in [0.25, 0.3) is 0 Å². The van der Waals surface area contributed by atoms with Crippen LogP contribution in [0, 0.1) is 0 Å². The normalized spacial score (nSPS) is 41.3. The molecule has 0 amide bonds. The molecule has 0 radical (unpaired) electrons. The van der Waals surface area contributed by atoms with Gasteiger partial charge in [-0.3, -0.25) is 9.11 Å². The second-order valence-corrected chi connectivity index (χ2v) is 8.92. The molecule has 0 aromatic carbocycles. The van der Waals surface area contributed by atoms with Gasteiger partial charge >= 0.3 is 26.7 Å². The molecule has 2 rings (SSSR count). The van der Waals surface area contributed by atoms with Gasteiger partial charge in [0.15, 0.2) is 24.8 Å². The fraction of sp³-hybridized carbons (Fsp3) is 0.917. The van der Waals surface area contributed by atoms with E-state index in [0.717, 1.165) is 0 Å². The second kappa shape index (κ2) is 10.0. The number of aliphatic hydroxyl groups excluding tert-OH is 5. The molecule has 18 nitrogen and oxygen atoms in total. The molecule has 2 aliphatic rings. The van der Waals surface area contributed by atoms with Crippen molar-refractivity contribution in [2.45, 2.75) is 61.3 Å². The summed E-state index contributed by atoms with van der Waals surface area (Å²) in [4.78, 5) is 11.3. The Morgan fingerprint density at radius 1 is 0.938 bits per heavy atom. The van der Waals surface area contributed by atoms with Crippen LogP contribution >= 0.6 is 0 Å². The highest BCUT2D eigenvalue weighted by atomic mass is 32.3. The third kappa shape index (κ3) is 6.48. The topological polar surface area (TPSA) is 296 Å². The predicted octanol–water partition coefficient (Wildman–Crippen LogP) is -6.08. The highest BCUT2D eigenvalue weighted by Crippen LogP contribution is 2.30. The lowest BCUT2D eigenvalue weighted by Gasteiger charge is -2.46. The smallest absolute Gasteiger partial charge is 0.397 e. The number of carboxylic acid groups (broad SMARTS) is 1. The summed E-state index contributed by atoms with van der Waals surface area (Å²) >= 11 is 0. The van der Waals surface area contributed by atoms with Crippen molar-refractivity contribution in [1.82, 2.24) is 4.72 Å². The van der Waals surface area contributed by atoms with Crippen LogP contribution in [0.15, 0.2) is 0 Å². The summed E-state index contributed by atoms with van der Waals surface area (Å²) in [7, 11) is -10.4. The molecule has 0 saturated carbocycles. The molecule has 0 unspecified atom stereocenters. The quantitative estimate of drug-likeness (QED) is 0.136. The van der Waals surface area contributed by atoms with Gasteiger partial charge in [-0.05, 0) is 0 Å². The van der Waals surface area contributed by atoms with Crippen LogP contribution in [0.2, 0.25) is 0 Å². The Morgan fingerprint density at radius 2 is 1.53 bits per heavy atom. The van der Waals surface area contributed by atoms with Crippen molar-refractivity contribution >= 4 is 26.7 Å².